The first-order valence-corrected chi connectivity index (χ1v) is 10.1. The van der Waals surface area contributed by atoms with Gasteiger partial charge in [-0.2, -0.15) is 0 Å². The predicted octanol–water partition coefficient (Wildman–Crippen LogP) is 2.53. The molecule has 1 atom stereocenters. The number of carbonyl (C=O) groups is 2. The lowest BCUT2D eigenvalue weighted by atomic mass is 10.0. The zero-order valence-electron chi connectivity index (χ0n) is 17.9. The second-order valence-corrected chi connectivity index (χ2v) is 7.84. The molecule has 160 valence electrons. The molecule has 1 aromatic heterocycles. The fourth-order valence-corrected chi connectivity index (χ4v) is 3.59. The monoisotopic (exact) mass is 412 g/mol. The fourth-order valence-electron chi connectivity index (χ4n) is 3.59. The molecule has 0 N–H and O–H groups in total. The molecule has 0 bridgehead atoms. The van der Waals surface area contributed by atoms with Crippen LogP contribution in [0.3, 0.4) is 0 Å². The third kappa shape index (κ3) is 4.46. The van der Waals surface area contributed by atoms with Gasteiger partial charge in [0.1, 0.15) is 5.56 Å². The van der Waals surface area contributed by atoms with E-state index in [1.54, 1.807) is 19.2 Å². The lowest BCUT2D eigenvalue weighted by Crippen LogP contribution is -2.41. The molecule has 1 unspecified atom stereocenters. The van der Waals surface area contributed by atoms with E-state index in [9.17, 15) is 14.4 Å². The normalized spacial score (nSPS) is 17.0. The van der Waals surface area contributed by atoms with Crippen LogP contribution in [0.15, 0.2) is 41.3 Å². The summed E-state index contributed by atoms with van der Waals surface area (Å²) in [5.41, 5.74) is 2.16. The van der Waals surface area contributed by atoms with Gasteiger partial charge in [0, 0.05) is 25.0 Å². The van der Waals surface area contributed by atoms with Gasteiger partial charge in [0.2, 0.25) is 0 Å². The number of methoxy groups -OCH3 is 1. The van der Waals surface area contributed by atoms with Crippen molar-refractivity contribution in [3.63, 3.8) is 0 Å². The molecule has 1 aliphatic heterocycles. The molecule has 3 rings (SSSR count). The molecule has 0 spiro atoms. The SMILES string of the molecule is COC(=O)C1COCCN(C(=O)c2c(C)ccn(-c3cccc(C(C)C)c3)c2=O)C1. The Bertz CT molecular complexity index is 995. The van der Waals surface area contributed by atoms with Crippen molar-refractivity contribution < 1.29 is 19.1 Å². The lowest BCUT2D eigenvalue weighted by Gasteiger charge is -2.23. The lowest BCUT2D eigenvalue weighted by molar-refractivity contribution is -0.147. The maximum absolute atomic E-state index is 13.3. The van der Waals surface area contributed by atoms with E-state index < -0.39 is 17.8 Å². The molecular formula is C23H28N2O5. The van der Waals surface area contributed by atoms with Crippen molar-refractivity contribution in [2.45, 2.75) is 26.7 Å². The minimum atomic E-state index is -0.574. The van der Waals surface area contributed by atoms with Gasteiger partial charge in [0.25, 0.3) is 11.5 Å². The Kier molecular flexibility index (Phi) is 6.72. The molecule has 0 radical (unpaired) electrons. The number of aryl methyl sites for hydroxylation is 1. The van der Waals surface area contributed by atoms with Gasteiger partial charge in [-0.3, -0.25) is 19.0 Å². The summed E-state index contributed by atoms with van der Waals surface area (Å²) in [7, 11) is 1.31. The molecular weight excluding hydrogens is 384 g/mol. The summed E-state index contributed by atoms with van der Waals surface area (Å²) in [5, 5.41) is 0. The average molecular weight is 412 g/mol. The molecule has 7 heteroatoms. The zero-order chi connectivity index (χ0) is 21.8. The van der Waals surface area contributed by atoms with Gasteiger partial charge in [0.05, 0.1) is 26.2 Å². The maximum atomic E-state index is 13.3. The molecule has 1 fully saturated rings. The van der Waals surface area contributed by atoms with Gasteiger partial charge in [-0.15, -0.1) is 0 Å². The minimum absolute atomic E-state index is 0.109. The number of ether oxygens (including phenoxy) is 2. The van der Waals surface area contributed by atoms with Crippen LogP contribution in [0.1, 0.15) is 41.3 Å². The van der Waals surface area contributed by atoms with Gasteiger partial charge in [-0.1, -0.05) is 26.0 Å². The van der Waals surface area contributed by atoms with Crippen molar-refractivity contribution in [3.8, 4) is 5.69 Å². The number of hydrogen-bond donors (Lipinski definition) is 0. The number of benzene rings is 1. The van der Waals surface area contributed by atoms with E-state index >= 15 is 0 Å². The van der Waals surface area contributed by atoms with Crippen molar-refractivity contribution in [1.82, 2.24) is 9.47 Å². The minimum Gasteiger partial charge on any atom is -0.469 e. The Hall–Kier alpha value is -2.93. The molecule has 0 saturated carbocycles. The molecule has 0 aliphatic carbocycles. The molecule has 2 heterocycles. The van der Waals surface area contributed by atoms with Crippen LogP contribution in [0.2, 0.25) is 0 Å². The number of rotatable bonds is 4. The van der Waals surface area contributed by atoms with E-state index in [0.717, 1.165) is 5.56 Å². The topological polar surface area (TPSA) is 77.8 Å². The summed E-state index contributed by atoms with van der Waals surface area (Å²) in [5.74, 6) is -1.08. The largest absolute Gasteiger partial charge is 0.469 e. The molecule has 1 amide bonds. The highest BCUT2D eigenvalue weighted by molar-refractivity contribution is 5.95. The third-order valence-corrected chi connectivity index (χ3v) is 5.42. The molecule has 7 nitrogen and oxygen atoms in total. The van der Waals surface area contributed by atoms with Crippen LogP contribution >= 0.6 is 0 Å². The van der Waals surface area contributed by atoms with E-state index in [1.165, 1.54) is 16.6 Å². The van der Waals surface area contributed by atoms with Crippen LogP contribution in [0.4, 0.5) is 0 Å². The van der Waals surface area contributed by atoms with E-state index in [0.29, 0.717) is 30.3 Å². The highest BCUT2D eigenvalue weighted by atomic mass is 16.5. The van der Waals surface area contributed by atoms with Crippen molar-refractivity contribution >= 4 is 11.9 Å². The van der Waals surface area contributed by atoms with Gasteiger partial charge >= 0.3 is 5.97 Å². The standard InChI is InChI=1S/C23H28N2O5/c1-15(2)17-6-5-7-19(12-17)25-9-8-16(3)20(22(25)27)21(26)24-10-11-30-14-18(13-24)23(28)29-4/h5-9,12,15,18H,10-11,13-14H2,1-4H3. The second-order valence-electron chi connectivity index (χ2n) is 7.84. The summed E-state index contributed by atoms with van der Waals surface area (Å²) in [6.07, 6.45) is 1.69. The average Bonchev–Trinajstić information content (AvgIpc) is 2.99. The van der Waals surface area contributed by atoms with Crippen LogP contribution in [0.5, 0.6) is 0 Å². The third-order valence-electron chi connectivity index (χ3n) is 5.42. The van der Waals surface area contributed by atoms with E-state index in [-0.39, 0.29) is 24.3 Å². The zero-order valence-corrected chi connectivity index (χ0v) is 17.9. The summed E-state index contributed by atoms with van der Waals surface area (Å²) in [6.45, 7) is 6.88. The van der Waals surface area contributed by atoms with Crippen LogP contribution in [-0.4, -0.2) is 54.8 Å². The van der Waals surface area contributed by atoms with Crippen LogP contribution in [0.25, 0.3) is 5.69 Å². The number of carbonyl (C=O) groups excluding carboxylic acids is 2. The van der Waals surface area contributed by atoms with Crippen molar-refractivity contribution in [3.05, 3.63) is 63.6 Å². The molecule has 1 aromatic carbocycles. The van der Waals surface area contributed by atoms with Crippen molar-refractivity contribution in [1.29, 1.82) is 0 Å². The Balaban J connectivity index is 1.99. The summed E-state index contributed by atoms with van der Waals surface area (Å²) in [6, 6.07) is 9.50. The fraction of sp³-hybridized carbons (Fsp3) is 0.435. The van der Waals surface area contributed by atoms with E-state index in [4.69, 9.17) is 9.47 Å². The molecule has 30 heavy (non-hydrogen) atoms. The molecule has 1 saturated heterocycles. The van der Waals surface area contributed by atoms with Crippen LogP contribution in [0, 0.1) is 12.8 Å². The predicted molar refractivity (Wildman–Crippen MR) is 113 cm³/mol. The summed E-state index contributed by atoms with van der Waals surface area (Å²) in [4.78, 5) is 40.1. The number of hydrogen-bond acceptors (Lipinski definition) is 5. The Morgan fingerprint density at radius 1 is 1.23 bits per heavy atom. The van der Waals surface area contributed by atoms with Crippen molar-refractivity contribution in [2.75, 3.05) is 33.4 Å². The molecule has 1 aliphatic rings. The first kappa shape index (κ1) is 21.8. The summed E-state index contributed by atoms with van der Waals surface area (Å²) < 4.78 is 11.8. The Morgan fingerprint density at radius 3 is 2.70 bits per heavy atom. The number of esters is 1. The Morgan fingerprint density at radius 2 is 2.00 bits per heavy atom. The molecule has 2 aromatic rings. The number of aromatic nitrogens is 1. The number of amides is 1. The first-order chi connectivity index (χ1) is 14.3. The van der Waals surface area contributed by atoms with Crippen molar-refractivity contribution in [2.24, 2.45) is 5.92 Å². The highest BCUT2D eigenvalue weighted by Gasteiger charge is 2.30. The van der Waals surface area contributed by atoms with E-state index in [1.807, 2.05) is 24.3 Å². The van der Waals surface area contributed by atoms with Gasteiger partial charge in [-0.05, 0) is 42.2 Å². The first-order valence-electron chi connectivity index (χ1n) is 10.1. The quantitative estimate of drug-likeness (QED) is 0.721. The number of nitrogens with zero attached hydrogens (tertiary/aromatic N) is 2. The highest BCUT2D eigenvalue weighted by Crippen LogP contribution is 2.19. The van der Waals surface area contributed by atoms with Gasteiger partial charge < -0.3 is 14.4 Å². The summed E-state index contributed by atoms with van der Waals surface area (Å²) >= 11 is 0. The number of pyridine rings is 1. The van der Waals surface area contributed by atoms with Gasteiger partial charge in [0.15, 0.2) is 0 Å². The Labute approximate surface area is 176 Å². The van der Waals surface area contributed by atoms with Crippen LogP contribution < -0.4 is 5.56 Å². The maximum Gasteiger partial charge on any atom is 0.312 e. The smallest absolute Gasteiger partial charge is 0.312 e. The van der Waals surface area contributed by atoms with Gasteiger partial charge in [-0.25, -0.2) is 0 Å². The second kappa shape index (κ2) is 9.26. The van der Waals surface area contributed by atoms with Crippen LogP contribution in [-0.2, 0) is 14.3 Å². The van der Waals surface area contributed by atoms with E-state index in [2.05, 4.69) is 13.8 Å².